The Morgan fingerprint density at radius 1 is 0.962 bits per heavy atom. The summed E-state index contributed by atoms with van der Waals surface area (Å²) in [5.41, 5.74) is 1.95. The van der Waals surface area contributed by atoms with E-state index in [9.17, 15) is 4.79 Å². The van der Waals surface area contributed by atoms with Crippen molar-refractivity contribution in [2.75, 3.05) is 34.9 Å². The Labute approximate surface area is 159 Å². The quantitative estimate of drug-likeness (QED) is 0.705. The smallest absolute Gasteiger partial charge is 0.226 e. The number of benzene rings is 2. The monoisotopic (exact) mass is 377 g/mol. The molecule has 2 aromatic rings. The van der Waals surface area contributed by atoms with Gasteiger partial charge in [-0.05, 0) is 41.8 Å². The van der Waals surface area contributed by atoms with E-state index in [0.29, 0.717) is 41.7 Å². The van der Waals surface area contributed by atoms with Gasteiger partial charge in [-0.15, -0.1) is 0 Å². The minimum Gasteiger partial charge on any atom is -0.493 e. The number of hydrogen-bond acceptors (Lipinski definition) is 4. The minimum absolute atomic E-state index is 0.0553. The summed E-state index contributed by atoms with van der Waals surface area (Å²) in [6.45, 7) is 0.588. The molecule has 0 aliphatic heterocycles. The highest BCUT2D eigenvalue weighted by Crippen LogP contribution is 2.38. The van der Waals surface area contributed by atoms with Crippen LogP contribution < -0.4 is 14.2 Å². The van der Waals surface area contributed by atoms with Crippen molar-refractivity contribution in [2.24, 2.45) is 0 Å². The van der Waals surface area contributed by atoms with E-state index in [2.05, 4.69) is 0 Å². The van der Waals surface area contributed by atoms with Gasteiger partial charge in [0.25, 0.3) is 0 Å². The molecule has 2 aromatic carbocycles. The molecule has 0 bridgehead atoms. The SMILES string of the molecule is COc1cc(CCN(C)C(=O)Cc2ccc(Cl)cc2)cc(OC)c1OC. The molecule has 0 radical (unpaired) electrons. The Morgan fingerprint density at radius 2 is 1.54 bits per heavy atom. The van der Waals surface area contributed by atoms with Gasteiger partial charge in [-0.2, -0.15) is 0 Å². The first-order valence-corrected chi connectivity index (χ1v) is 8.63. The third-order valence-corrected chi connectivity index (χ3v) is 4.41. The Balaban J connectivity index is 2.00. The summed E-state index contributed by atoms with van der Waals surface area (Å²) < 4.78 is 16.1. The molecule has 6 heteroatoms. The number of rotatable bonds is 8. The van der Waals surface area contributed by atoms with Crippen LogP contribution in [0.25, 0.3) is 0 Å². The highest BCUT2D eigenvalue weighted by molar-refractivity contribution is 6.30. The van der Waals surface area contributed by atoms with Gasteiger partial charge in [0.1, 0.15) is 0 Å². The number of halogens is 1. The summed E-state index contributed by atoms with van der Waals surface area (Å²) in [6.07, 6.45) is 1.03. The number of carbonyl (C=O) groups is 1. The predicted molar refractivity (Wildman–Crippen MR) is 103 cm³/mol. The molecule has 0 heterocycles. The van der Waals surface area contributed by atoms with Gasteiger partial charge >= 0.3 is 0 Å². The lowest BCUT2D eigenvalue weighted by atomic mass is 10.1. The van der Waals surface area contributed by atoms with Crippen molar-refractivity contribution < 1.29 is 19.0 Å². The number of amides is 1. The highest BCUT2D eigenvalue weighted by atomic mass is 35.5. The largest absolute Gasteiger partial charge is 0.493 e. The first-order valence-electron chi connectivity index (χ1n) is 8.25. The van der Waals surface area contributed by atoms with Crippen molar-refractivity contribution in [3.8, 4) is 17.2 Å². The zero-order chi connectivity index (χ0) is 19.1. The zero-order valence-corrected chi connectivity index (χ0v) is 16.3. The van der Waals surface area contributed by atoms with Crippen LogP contribution in [0.2, 0.25) is 5.02 Å². The molecular formula is C20H24ClNO4. The molecule has 0 unspecified atom stereocenters. The van der Waals surface area contributed by atoms with Crippen LogP contribution in [0.5, 0.6) is 17.2 Å². The van der Waals surface area contributed by atoms with Crippen molar-refractivity contribution in [2.45, 2.75) is 12.8 Å². The van der Waals surface area contributed by atoms with E-state index in [1.807, 2.05) is 24.3 Å². The van der Waals surface area contributed by atoms with Crippen molar-refractivity contribution in [1.82, 2.24) is 4.90 Å². The molecule has 5 nitrogen and oxygen atoms in total. The molecule has 2 rings (SSSR count). The molecule has 140 valence electrons. The van der Waals surface area contributed by atoms with Crippen LogP contribution in [0.3, 0.4) is 0 Å². The summed E-state index contributed by atoms with van der Waals surface area (Å²) in [5.74, 6) is 1.83. The number of nitrogens with zero attached hydrogens (tertiary/aromatic N) is 1. The third-order valence-electron chi connectivity index (χ3n) is 4.15. The highest BCUT2D eigenvalue weighted by Gasteiger charge is 2.15. The number of ether oxygens (including phenoxy) is 3. The van der Waals surface area contributed by atoms with Crippen LogP contribution >= 0.6 is 11.6 Å². The molecule has 0 spiro atoms. The van der Waals surface area contributed by atoms with Gasteiger partial charge in [-0.25, -0.2) is 0 Å². The van der Waals surface area contributed by atoms with E-state index in [1.54, 1.807) is 45.4 Å². The summed E-state index contributed by atoms with van der Waals surface area (Å²) in [4.78, 5) is 14.1. The average Bonchev–Trinajstić information content (AvgIpc) is 2.66. The molecule has 0 fully saturated rings. The second kappa shape index (κ2) is 9.34. The first-order chi connectivity index (χ1) is 12.5. The molecule has 1 amide bonds. The van der Waals surface area contributed by atoms with Gasteiger partial charge in [0.05, 0.1) is 27.8 Å². The van der Waals surface area contributed by atoms with Crippen LogP contribution in [-0.2, 0) is 17.6 Å². The first kappa shape index (κ1) is 19.9. The molecule has 26 heavy (non-hydrogen) atoms. The van der Waals surface area contributed by atoms with Crippen molar-refractivity contribution >= 4 is 17.5 Å². The Bertz CT molecular complexity index is 721. The maximum Gasteiger partial charge on any atom is 0.226 e. The normalized spacial score (nSPS) is 10.3. The lowest BCUT2D eigenvalue weighted by Crippen LogP contribution is -2.30. The molecule has 0 saturated heterocycles. The molecule has 0 aromatic heterocycles. The average molecular weight is 378 g/mol. The van der Waals surface area contributed by atoms with Gasteiger partial charge in [0.15, 0.2) is 11.5 Å². The Hall–Kier alpha value is -2.40. The van der Waals surface area contributed by atoms with Crippen LogP contribution in [0.15, 0.2) is 36.4 Å². The van der Waals surface area contributed by atoms with Crippen LogP contribution in [0.1, 0.15) is 11.1 Å². The van der Waals surface area contributed by atoms with Gasteiger partial charge in [0, 0.05) is 18.6 Å². The van der Waals surface area contributed by atoms with E-state index < -0.39 is 0 Å². The number of methoxy groups -OCH3 is 3. The fraction of sp³-hybridized carbons (Fsp3) is 0.350. The molecule has 0 aliphatic carbocycles. The lowest BCUT2D eigenvalue weighted by molar-refractivity contribution is -0.129. The number of likely N-dealkylation sites (N-methyl/N-ethyl adjacent to an activating group) is 1. The summed E-state index contributed by atoms with van der Waals surface area (Å²) >= 11 is 5.87. The summed E-state index contributed by atoms with van der Waals surface area (Å²) in [6, 6.07) is 11.1. The van der Waals surface area contributed by atoms with Crippen LogP contribution in [-0.4, -0.2) is 45.7 Å². The number of hydrogen-bond donors (Lipinski definition) is 0. The molecule has 0 N–H and O–H groups in total. The fourth-order valence-electron chi connectivity index (χ4n) is 2.61. The summed E-state index contributed by atoms with van der Waals surface area (Å²) in [5, 5.41) is 0.664. The van der Waals surface area contributed by atoms with Gasteiger partial charge in [0.2, 0.25) is 11.7 Å². The fourth-order valence-corrected chi connectivity index (χ4v) is 2.74. The molecule has 0 saturated carbocycles. The summed E-state index contributed by atoms with van der Waals surface area (Å²) in [7, 11) is 6.55. The Morgan fingerprint density at radius 3 is 2.04 bits per heavy atom. The standard InChI is InChI=1S/C20H24ClNO4/c1-22(19(23)13-14-5-7-16(21)8-6-14)10-9-15-11-17(24-2)20(26-4)18(12-15)25-3/h5-8,11-12H,9-10,13H2,1-4H3. The van der Waals surface area contributed by atoms with Crippen molar-refractivity contribution in [3.63, 3.8) is 0 Å². The van der Waals surface area contributed by atoms with Gasteiger partial charge in [-0.3, -0.25) is 4.79 Å². The van der Waals surface area contributed by atoms with Crippen LogP contribution in [0.4, 0.5) is 0 Å². The molecular weight excluding hydrogens is 354 g/mol. The Kier molecular flexibility index (Phi) is 7.16. The maximum atomic E-state index is 12.4. The minimum atomic E-state index is 0.0553. The molecule has 0 aliphatic rings. The van der Waals surface area contributed by atoms with Crippen LogP contribution in [0, 0.1) is 0 Å². The predicted octanol–water partition coefficient (Wildman–Crippen LogP) is 3.61. The van der Waals surface area contributed by atoms with E-state index >= 15 is 0 Å². The maximum absolute atomic E-state index is 12.4. The van der Waals surface area contributed by atoms with E-state index in [4.69, 9.17) is 25.8 Å². The number of carbonyl (C=O) groups excluding carboxylic acids is 1. The van der Waals surface area contributed by atoms with Crippen molar-refractivity contribution in [1.29, 1.82) is 0 Å². The molecule has 0 atom stereocenters. The van der Waals surface area contributed by atoms with E-state index in [-0.39, 0.29) is 5.91 Å². The van der Waals surface area contributed by atoms with E-state index in [0.717, 1.165) is 11.1 Å². The van der Waals surface area contributed by atoms with Gasteiger partial charge < -0.3 is 19.1 Å². The van der Waals surface area contributed by atoms with Crippen molar-refractivity contribution in [3.05, 3.63) is 52.5 Å². The van der Waals surface area contributed by atoms with Gasteiger partial charge in [-0.1, -0.05) is 23.7 Å². The lowest BCUT2D eigenvalue weighted by Gasteiger charge is -2.19. The van der Waals surface area contributed by atoms with E-state index in [1.165, 1.54) is 0 Å². The zero-order valence-electron chi connectivity index (χ0n) is 15.5. The second-order valence-corrected chi connectivity index (χ2v) is 6.34. The topological polar surface area (TPSA) is 48.0 Å². The third kappa shape index (κ3) is 5.05. The second-order valence-electron chi connectivity index (χ2n) is 5.90.